The lowest BCUT2D eigenvalue weighted by atomic mass is 9.95. The standard InChI is InChI=1S/C51H83N5O25S/c1-9-10-11-12-13-14-15-16-17-18-27(75-31(58)19-25(2)20-32(59)78-51-46(73-8)45(72-7)40(71-6)26(3)74-51)21-33(60)76-29-24-55(4)36(48(65)56(5)35(29)49(66)67)42(80-50-38(62)37(61)28(22-52)77-50)43-39(63)44(81-82(68,69)70)41(79-43)34-47(64)54-30(57)23-53-34/h23,25-29,34-46,50-51,61-63H,9-22,24,52H2,1-8H3,(H,66,67)(H,54,57,64)(H,68,69,70)/p-1/t25?,26?,27?,28?,29-,34?,35-,36?,37+,38+,39+,40?,41?,42?,43?,44+,45+,46+,50?,51-/m0/s1. The van der Waals surface area contributed by atoms with Gasteiger partial charge in [-0.2, -0.15) is 0 Å². The molecule has 5 rings (SSSR count). The molecule has 20 atom stereocenters. The van der Waals surface area contributed by atoms with Crippen LogP contribution in [0, 0.1) is 5.92 Å². The second-order valence-corrected chi connectivity index (χ2v) is 22.4. The van der Waals surface area contributed by atoms with Gasteiger partial charge in [-0.15, -0.1) is 0 Å². The molecular weight excluding hydrogens is 1110 g/mol. The van der Waals surface area contributed by atoms with Gasteiger partial charge in [-0.1, -0.05) is 65.2 Å². The third kappa shape index (κ3) is 18.0. The molecule has 5 aliphatic heterocycles. The van der Waals surface area contributed by atoms with E-state index in [0.29, 0.717) is 24.0 Å². The number of hydrogen-bond acceptors (Lipinski definition) is 27. The van der Waals surface area contributed by atoms with Gasteiger partial charge in [0.25, 0.3) is 11.8 Å². The number of aliphatic imine (C=N–C) groups is 1. The van der Waals surface area contributed by atoms with Gasteiger partial charge in [-0.3, -0.25) is 48.2 Å². The predicted molar refractivity (Wildman–Crippen MR) is 273 cm³/mol. The molecule has 11 unspecified atom stereocenters. The van der Waals surface area contributed by atoms with Crippen LogP contribution in [0.3, 0.4) is 0 Å². The molecule has 30 nitrogen and oxygen atoms in total. The minimum atomic E-state index is -5.74. The monoisotopic (exact) mass is 1200 g/mol. The average Bonchev–Trinajstić information content (AvgIpc) is 2.78. The highest BCUT2D eigenvalue weighted by molar-refractivity contribution is 7.80. The molecule has 0 spiro atoms. The fourth-order valence-corrected chi connectivity index (χ4v) is 11.6. The van der Waals surface area contributed by atoms with E-state index < -0.39 is 187 Å². The maximum Gasteiger partial charge on any atom is 0.309 e. The lowest BCUT2D eigenvalue weighted by Gasteiger charge is -2.43. The van der Waals surface area contributed by atoms with Gasteiger partial charge in [-0.05, 0) is 32.7 Å². The molecule has 82 heavy (non-hydrogen) atoms. The summed E-state index contributed by atoms with van der Waals surface area (Å²) >= 11 is 0. The Morgan fingerprint density at radius 2 is 1.43 bits per heavy atom. The van der Waals surface area contributed by atoms with Gasteiger partial charge < -0.3 is 87.8 Å². The Morgan fingerprint density at radius 1 is 0.817 bits per heavy atom. The van der Waals surface area contributed by atoms with Gasteiger partial charge in [0, 0.05) is 47.8 Å². The molecule has 0 aromatic heterocycles. The number of unbranched alkanes of at least 4 members (excludes halogenated alkanes) is 8. The summed E-state index contributed by atoms with van der Waals surface area (Å²) in [6.07, 6.45) is -15.8. The number of likely N-dealkylation sites (N-methyl/N-ethyl adjacent to an activating group) is 2. The van der Waals surface area contributed by atoms with E-state index in [-0.39, 0.29) is 25.8 Å². The van der Waals surface area contributed by atoms with Gasteiger partial charge in [0.2, 0.25) is 22.6 Å². The SMILES string of the molecule is CCCCCCCCCCCC(CC(=O)O[C@H]1CN(C)C(C(OC2OC(C[NH3+])[C@@H](O)[C@H]2O)C2OC(C3N=CC(=O)NC3=O)[C@H](OS(=O)(=O)[O-])[C@@H]2O)C(=O)N(C)[C@@H]1C(=O)[O-])OC(=O)CC(C)CC(=O)O[C@@H]1OC(C)C(OC)[C@@H](OC)[C@H]1OC. The summed E-state index contributed by atoms with van der Waals surface area (Å²) in [5.74, 6) is -8.44. The fraction of sp³-hybridized carbons (Fsp3) is 0.843. The van der Waals surface area contributed by atoms with E-state index in [9.17, 15) is 67.0 Å². The molecular formula is C51H82N5O25S-. The van der Waals surface area contributed by atoms with Crippen molar-refractivity contribution in [3.63, 3.8) is 0 Å². The van der Waals surface area contributed by atoms with Gasteiger partial charge in [-0.25, -0.2) is 8.42 Å². The van der Waals surface area contributed by atoms with Crippen LogP contribution < -0.4 is 16.2 Å². The van der Waals surface area contributed by atoms with Crippen LogP contribution in [0.5, 0.6) is 0 Å². The van der Waals surface area contributed by atoms with Gasteiger partial charge in [0.05, 0.1) is 24.7 Å². The maximum atomic E-state index is 14.8. The van der Waals surface area contributed by atoms with Crippen LogP contribution in [-0.2, 0) is 95.5 Å². The Balaban J connectivity index is 1.37. The van der Waals surface area contributed by atoms with E-state index in [4.69, 9.17) is 47.4 Å². The number of hydrogen-bond donors (Lipinski definition) is 5. The van der Waals surface area contributed by atoms with E-state index in [1.165, 1.54) is 28.4 Å². The van der Waals surface area contributed by atoms with Crippen LogP contribution in [-0.4, -0.2) is 251 Å². The number of nitrogens with one attached hydrogen (secondary N) is 1. The number of carbonyl (C=O) groups is 7. The Labute approximate surface area is 476 Å². The summed E-state index contributed by atoms with van der Waals surface area (Å²) in [6.45, 7) is 4.68. The summed E-state index contributed by atoms with van der Waals surface area (Å²) in [5.41, 5.74) is 3.67. The Morgan fingerprint density at radius 3 is 2.00 bits per heavy atom. The molecule has 7 N–H and O–H groups in total. The normalized spacial score (nSPS) is 33.8. The molecule has 31 heteroatoms. The smallest absolute Gasteiger partial charge is 0.309 e. The number of carbonyl (C=O) groups excluding carboxylic acids is 7. The number of carboxylic acid groups (broad SMARTS) is 1. The van der Waals surface area contributed by atoms with Crippen molar-refractivity contribution in [2.75, 3.05) is 48.5 Å². The molecule has 0 aromatic rings. The van der Waals surface area contributed by atoms with Crippen molar-refractivity contribution in [3.05, 3.63) is 0 Å². The lowest BCUT2D eigenvalue weighted by molar-refractivity contribution is -0.391. The number of aliphatic hydroxyl groups is 3. The summed E-state index contributed by atoms with van der Waals surface area (Å²) < 4.78 is 98.6. The van der Waals surface area contributed by atoms with Crippen molar-refractivity contribution in [1.82, 2.24) is 15.1 Å². The molecule has 0 radical (unpaired) electrons. The molecule has 3 amide bonds. The summed E-state index contributed by atoms with van der Waals surface area (Å²) in [6, 6.07) is -5.84. The molecule has 0 bridgehead atoms. The zero-order chi connectivity index (χ0) is 60.7. The molecule has 0 saturated carbocycles. The third-order valence-corrected chi connectivity index (χ3v) is 15.7. The average molecular weight is 1200 g/mol. The quantitative estimate of drug-likeness (QED) is 0.0110. The van der Waals surface area contributed by atoms with Crippen LogP contribution in [0.2, 0.25) is 0 Å². The minimum Gasteiger partial charge on any atom is -0.726 e. The first-order valence-electron chi connectivity index (χ1n) is 27.6. The highest BCUT2D eigenvalue weighted by Gasteiger charge is 2.59. The first-order valence-corrected chi connectivity index (χ1v) is 28.9. The van der Waals surface area contributed by atoms with Gasteiger partial charge in [0.1, 0.15) is 98.0 Å². The second-order valence-electron chi connectivity index (χ2n) is 21.4. The number of amides is 3. The fourth-order valence-electron chi connectivity index (χ4n) is 11.1. The predicted octanol–water partition coefficient (Wildman–Crippen LogP) is -4.10. The number of rotatable bonds is 31. The summed E-state index contributed by atoms with van der Waals surface area (Å²) in [5, 5.41) is 48.6. The number of ether oxygens (including phenoxy) is 10. The number of methoxy groups -OCH3 is 3. The van der Waals surface area contributed by atoms with Gasteiger partial charge >= 0.3 is 17.9 Å². The molecule has 4 fully saturated rings. The van der Waals surface area contributed by atoms with Crippen LogP contribution >= 0.6 is 0 Å². The largest absolute Gasteiger partial charge is 0.726 e. The van der Waals surface area contributed by atoms with Crippen LogP contribution in [0.1, 0.15) is 104 Å². The van der Waals surface area contributed by atoms with Crippen molar-refractivity contribution in [2.24, 2.45) is 10.9 Å². The number of quaternary nitrogens is 1. The minimum absolute atomic E-state index is 0.128. The zero-order valence-electron chi connectivity index (χ0n) is 47.5. The van der Waals surface area contributed by atoms with E-state index >= 15 is 0 Å². The van der Waals surface area contributed by atoms with E-state index in [1.807, 2.05) is 5.32 Å². The van der Waals surface area contributed by atoms with Crippen molar-refractivity contribution in [1.29, 1.82) is 0 Å². The summed E-state index contributed by atoms with van der Waals surface area (Å²) in [4.78, 5) is 99.3. The highest BCUT2D eigenvalue weighted by Crippen LogP contribution is 2.37. The number of carboxylic acids is 1. The topological polar surface area (TPSA) is 420 Å². The Kier molecular flexibility index (Phi) is 26.3. The maximum absolute atomic E-state index is 14.8. The van der Waals surface area contributed by atoms with Crippen LogP contribution in [0.4, 0.5) is 0 Å². The first kappa shape index (κ1) is 68.3. The van der Waals surface area contributed by atoms with Crippen LogP contribution in [0.15, 0.2) is 4.99 Å². The van der Waals surface area contributed by atoms with Gasteiger partial charge in [0.15, 0.2) is 12.3 Å². The van der Waals surface area contributed by atoms with Crippen molar-refractivity contribution in [2.45, 2.75) is 220 Å². The van der Waals surface area contributed by atoms with Crippen molar-refractivity contribution >= 4 is 58.2 Å². The number of aliphatic carboxylic acids is 1. The second kappa shape index (κ2) is 31.6. The van der Waals surface area contributed by atoms with E-state index in [2.05, 4.69) is 21.8 Å². The number of nitrogens with zero attached hydrogens (tertiary/aromatic N) is 3. The molecule has 0 aliphatic carbocycles. The lowest BCUT2D eigenvalue weighted by Crippen LogP contribution is -2.60. The Bertz CT molecular complexity index is 2300. The molecule has 0 aromatic carbocycles. The third-order valence-electron chi connectivity index (χ3n) is 15.2. The zero-order valence-corrected chi connectivity index (χ0v) is 48.3. The molecule has 4 saturated heterocycles. The number of imide groups is 1. The van der Waals surface area contributed by atoms with Crippen molar-refractivity contribution < 1.29 is 124 Å². The molecule has 5 heterocycles. The molecule has 5 aliphatic rings. The number of esters is 3. The first-order chi connectivity index (χ1) is 38.8. The van der Waals surface area contributed by atoms with Crippen LogP contribution in [0.25, 0.3) is 0 Å². The highest BCUT2D eigenvalue weighted by atomic mass is 32.3. The van der Waals surface area contributed by atoms with E-state index in [1.54, 1.807) is 13.8 Å². The Hall–Kier alpha value is -4.45. The summed E-state index contributed by atoms with van der Waals surface area (Å²) in [7, 11) is 0.857. The molecule has 468 valence electrons. The number of aliphatic hydroxyl groups excluding tert-OH is 3. The van der Waals surface area contributed by atoms with E-state index in [0.717, 1.165) is 56.9 Å². The van der Waals surface area contributed by atoms with Crippen molar-refractivity contribution in [3.8, 4) is 0 Å².